The zero-order valence-electron chi connectivity index (χ0n) is 9.79. The van der Waals surface area contributed by atoms with Crippen LogP contribution in [0.15, 0.2) is 24.3 Å². The standard InChI is InChI=1S/C13H16N2O/c1-8-12(13(16)9(2)14-3)10-6-4-5-7-11(10)15-8/h4-7,9,14-15H,1-3H3. The first kappa shape index (κ1) is 10.9. The number of hydrogen-bond acceptors (Lipinski definition) is 2. The first-order valence-corrected chi connectivity index (χ1v) is 5.44. The minimum Gasteiger partial charge on any atom is -0.358 e. The van der Waals surface area contributed by atoms with Crippen LogP contribution in [0.4, 0.5) is 0 Å². The van der Waals surface area contributed by atoms with Gasteiger partial charge in [-0.15, -0.1) is 0 Å². The summed E-state index contributed by atoms with van der Waals surface area (Å²) in [5.74, 6) is 0.137. The number of hydrogen-bond donors (Lipinski definition) is 2. The molecule has 3 nitrogen and oxygen atoms in total. The number of aryl methyl sites for hydroxylation is 1. The number of benzene rings is 1. The molecule has 1 heterocycles. The highest BCUT2D eigenvalue weighted by Gasteiger charge is 2.19. The molecule has 16 heavy (non-hydrogen) atoms. The van der Waals surface area contributed by atoms with Crippen LogP contribution in [-0.4, -0.2) is 23.9 Å². The lowest BCUT2D eigenvalue weighted by Gasteiger charge is -2.08. The monoisotopic (exact) mass is 216 g/mol. The molecule has 84 valence electrons. The quantitative estimate of drug-likeness (QED) is 0.773. The molecule has 1 unspecified atom stereocenters. The molecule has 0 fully saturated rings. The predicted molar refractivity (Wildman–Crippen MR) is 65.9 cm³/mol. The van der Waals surface area contributed by atoms with Crippen molar-refractivity contribution in [2.45, 2.75) is 19.9 Å². The maximum absolute atomic E-state index is 12.2. The van der Waals surface area contributed by atoms with E-state index in [-0.39, 0.29) is 11.8 Å². The summed E-state index contributed by atoms with van der Waals surface area (Å²) in [6.45, 7) is 3.82. The van der Waals surface area contributed by atoms with Gasteiger partial charge in [-0.1, -0.05) is 18.2 Å². The zero-order valence-corrected chi connectivity index (χ0v) is 9.79. The smallest absolute Gasteiger partial charge is 0.181 e. The molecule has 0 radical (unpaired) electrons. The Kier molecular flexibility index (Phi) is 2.79. The molecule has 0 saturated heterocycles. The second kappa shape index (κ2) is 4.10. The minimum absolute atomic E-state index is 0.137. The molecule has 2 aromatic rings. The number of H-pyrrole nitrogens is 1. The fraction of sp³-hybridized carbons (Fsp3) is 0.308. The molecule has 2 N–H and O–H groups in total. The van der Waals surface area contributed by atoms with E-state index in [1.807, 2.05) is 38.1 Å². The van der Waals surface area contributed by atoms with Crippen molar-refractivity contribution in [1.82, 2.24) is 10.3 Å². The summed E-state index contributed by atoms with van der Waals surface area (Å²) >= 11 is 0. The number of Topliss-reactive ketones (excluding diaryl/α,β-unsaturated/α-hetero) is 1. The van der Waals surface area contributed by atoms with Crippen LogP contribution in [0.2, 0.25) is 0 Å². The van der Waals surface area contributed by atoms with Crippen LogP contribution in [0.1, 0.15) is 23.0 Å². The first-order chi connectivity index (χ1) is 7.65. The molecular weight excluding hydrogens is 200 g/mol. The molecule has 0 amide bonds. The Morgan fingerprint density at radius 1 is 1.38 bits per heavy atom. The number of ketones is 1. The van der Waals surface area contributed by atoms with Crippen LogP contribution in [0.5, 0.6) is 0 Å². The summed E-state index contributed by atoms with van der Waals surface area (Å²) in [5, 5.41) is 3.99. The lowest BCUT2D eigenvalue weighted by atomic mass is 10.0. The van der Waals surface area contributed by atoms with Crippen molar-refractivity contribution < 1.29 is 4.79 Å². The Morgan fingerprint density at radius 3 is 2.75 bits per heavy atom. The molecule has 3 heteroatoms. The lowest BCUT2D eigenvalue weighted by Crippen LogP contribution is -2.31. The van der Waals surface area contributed by atoms with Crippen molar-refractivity contribution in [3.05, 3.63) is 35.5 Å². The molecule has 0 aliphatic carbocycles. The van der Waals surface area contributed by atoms with E-state index < -0.39 is 0 Å². The minimum atomic E-state index is -0.155. The van der Waals surface area contributed by atoms with Crippen LogP contribution >= 0.6 is 0 Å². The second-order valence-electron chi connectivity index (χ2n) is 4.05. The van der Waals surface area contributed by atoms with Gasteiger partial charge in [0.2, 0.25) is 0 Å². The van der Waals surface area contributed by atoms with E-state index in [2.05, 4.69) is 10.3 Å². The normalized spacial score (nSPS) is 12.9. The summed E-state index contributed by atoms with van der Waals surface area (Å²) < 4.78 is 0. The van der Waals surface area contributed by atoms with E-state index in [4.69, 9.17) is 0 Å². The Bertz CT molecular complexity index is 528. The molecule has 0 aliphatic rings. The van der Waals surface area contributed by atoms with Gasteiger partial charge in [0, 0.05) is 22.2 Å². The van der Waals surface area contributed by atoms with E-state index in [9.17, 15) is 4.79 Å². The summed E-state index contributed by atoms with van der Waals surface area (Å²) in [7, 11) is 1.80. The van der Waals surface area contributed by atoms with Gasteiger partial charge < -0.3 is 10.3 Å². The van der Waals surface area contributed by atoms with Crippen LogP contribution < -0.4 is 5.32 Å². The maximum atomic E-state index is 12.2. The summed E-state index contributed by atoms with van der Waals surface area (Å²) in [5.41, 5.74) is 2.76. The van der Waals surface area contributed by atoms with E-state index in [0.29, 0.717) is 0 Å². The molecule has 0 bridgehead atoms. The first-order valence-electron chi connectivity index (χ1n) is 5.44. The SMILES string of the molecule is CNC(C)C(=O)c1c(C)[nH]c2ccccc12. The second-order valence-corrected chi connectivity index (χ2v) is 4.05. The Hall–Kier alpha value is -1.61. The topological polar surface area (TPSA) is 44.9 Å². The highest BCUT2D eigenvalue weighted by Crippen LogP contribution is 2.22. The van der Waals surface area contributed by atoms with Gasteiger partial charge in [-0.2, -0.15) is 0 Å². The van der Waals surface area contributed by atoms with Crippen LogP contribution in [-0.2, 0) is 0 Å². The molecule has 2 rings (SSSR count). The Balaban J connectivity index is 2.59. The van der Waals surface area contributed by atoms with Gasteiger partial charge in [0.05, 0.1) is 6.04 Å². The van der Waals surface area contributed by atoms with Gasteiger partial charge in [-0.05, 0) is 27.0 Å². The van der Waals surface area contributed by atoms with Gasteiger partial charge in [0.1, 0.15) is 0 Å². The van der Waals surface area contributed by atoms with Crippen molar-refractivity contribution in [2.24, 2.45) is 0 Å². The molecule has 1 aromatic carbocycles. The van der Waals surface area contributed by atoms with Gasteiger partial charge in [-0.3, -0.25) is 4.79 Å². The van der Waals surface area contributed by atoms with Crippen molar-refractivity contribution in [1.29, 1.82) is 0 Å². The number of para-hydroxylation sites is 1. The number of aromatic amines is 1. The number of aromatic nitrogens is 1. The van der Waals surface area contributed by atoms with Crippen LogP contribution in [0, 0.1) is 6.92 Å². The average molecular weight is 216 g/mol. The maximum Gasteiger partial charge on any atom is 0.181 e. The van der Waals surface area contributed by atoms with E-state index in [1.165, 1.54) is 0 Å². The summed E-state index contributed by atoms with van der Waals surface area (Å²) in [6, 6.07) is 7.74. The third-order valence-electron chi connectivity index (χ3n) is 2.97. The molecule has 0 saturated carbocycles. The van der Waals surface area contributed by atoms with Gasteiger partial charge >= 0.3 is 0 Å². The molecular formula is C13H16N2O. The highest BCUT2D eigenvalue weighted by atomic mass is 16.1. The van der Waals surface area contributed by atoms with Gasteiger partial charge in [-0.25, -0.2) is 0 Å². The van der Waals surface area contributed by atoms with Crippen LogP contribution in [0.25, 0.3) is 10.9 Å². The van der Waals surface area contributed by atoms with Gasteiger partial charge in [0.25, 0.3) is 0 Å². The van der Waals surface area contributed by atoms with E-state index in [1.54, 1.807) is 7.05 Å². The average Bonchev–Trinajstić information content (AvgIpc) is 2.63. The lowest BCUT2D eigenvalue weighted by molar-refractivity contribution is 0.0956. The number of rotatable bonds is 3. The van der Waals surface area contributed by atoms with Crippen molar-refractivity contribution in [3.8, 4) is 0 Å². The molecule has 0 spiro atoms. The summed E-state index contributed by atoms with van der Waals surface area (Å²) in [4.78, 5) is 15.4. The third-order valence-corrected chi connectivity index (χ3v) is 2.97. The van der Waals surface area contributed by atoms with Crippen LogP contribution in [0.3, 0.4) is 0 Å². The van der Waals surface area contributed by atoms with Crippen molar-refractivity contribution >= 4 is 16.7 Å². The van der Waals surface area contributed by atoms with Crippen molar-refractivity contribution in [2.75, 3.05) is 7.05 Å². The third kappa shape index (κ3) is 1.63. The number of nitrogens with one attached hydrogen (secondary N) is 2. The Labute approximate surface area is 94.9 Å². The van der Waals surface area contributed by atoms with Crippen molar-refractivity contribution in [3.63, 3.8) is 0 Å². The Morgan fingerprint density at radius 2 is 2.06 bits per heavy atom. The number of carbonyl (C=O) groups is 1. The van der Waals surface area contributed by atoms with E-state index >= 15 is 0 Å². The summed E-state index contributed by atoms with van der Waals surface area (Å²) in [6.07, 6.45) is 0. The van der Waals surface area contributed by atoms with E-state index in [0.717, 1.165) is 22.2 Å². The highest BCUT2D eigenvalue weighted by molar-refractivity contribution is 6.11. The largest absolute Gasteiger partial charge is 0.358 e. The fourth-order valence-corrected chi connectivity index (χ4v) is 1.94. The fourth-order valence-electron chi connectivity index (χ4n) is 1.94. The molecule has 1 aromatic heterocycles. The number of carbonyl (C=O) groups excluding carboxylic acids is 1. The zero-order chi connectivity index (χ0) is 11.7. The molecule has 1 atom stereocenters. The molecule has 0 aliphatic heterocycles. The number of likely N-dealkylation sites (N-methyl/N-ethyl adjacent to an activating group) is 1. The van der Waals surface area contributed by atoms with Gasteiger partial charge in [0.15, 0.2) is 5.78 Å². The number of fused-ring (bicyclic) bond motifs is 1. The predicted octanol–water partition coefficient (Wildman–Crippen LogP) is 2.27.